The monoisotopic (exact) mass is 435 g/mol. The summed E-state index contributed by atoms with van der Waals surface area (Å²) in [6, 6.07) is 17.5. The highest BCUT2D eigenvalue weighted by Crippen LogP contribution is 2.47. The highest BCUT2D eigenvalue weighted by Gasteiger charge is 2.42. The maximum atomic E-state index is 13.5. The van der Waals surface area contributed by atoms with Gasteiger partial charge < -0.3 is 10.1 Å². The number of halogens is 1. The third-order valence-electron chi connectivity index (χ3n) is 5.88. The lowest BCUT2D eigenvalue weighted by Gasteiger charge is -2.37. The van der Waals surface area contributed by atoms with Gasteiger partial charge in [0.2, 0.25) is 0 Å². The summed E-state index contributed by atoms with van der Waals surface area (Å²) in [5, 5.41) is 3.90. The van der Waals surface area contributed by atoms with Gasteiger partial charge in [0.15, 0.2) is 5.78 Å². The number of carbonyl (C=O) groups is 2. The smallest absolute Gasteiger partial charge is 0.337 e. The lowest BCUT2D eigenvalue weighted by atomic mass is 9.71. The average Bonchev–Trinajstić information content (AvgIpc) is 2.73. The molecule has 2 atom stereocenters. The second-order valence-corrected chi connectivity index (χ2v) is 8.81. The van der Waals surface area contributed by atoms with Crippen molar-refractivity contribution in [1.29, 1.82) is 0 Å². The number of nitrogens with one attached hydrogen (secondary N) is 1. The molecule has 2 aromatic carbocycles. The van der Waals surface area contributed by atoms with E-state index >= 15 is 0 Å². The zero-order valence-corrected chi connectivity index (χ0v) is 18.7. The number of benzene rings is 2. The molecule has 31 heavy (non-hydrogen) atoms. The molecule has 4 nitrogen and oxygen atoms in total. The third kappa shape index (κ3) is 4.17. The molecule has 0 unspecified atom stereocenters. The van der Waals surface area contributed by atoms with E-state index in [1.807, 2.05) is 57.2 Å². The van der Waals surface area contributed by atoms with Crippen LogP contribution in [-0.4, -0.2) is 17.9 Å². The molecule has 1 aliphatic carbocycles. The number of ketones is 1. The van der Waals surface area contributed by atoms with Crippen LogP contribution in [0.4, 0.5) is 0 Å². The van der Waals surface area contributed by atoms with Crippen LogP contribution in [-0.2, 0) is 14.3 Å². The molecule has 2 aromatic rings. The van der Waals surface area contributed by atoms with Gasteiger partial charge in [-0.05, 0) is 50.3 Å². The van der Waals surface area contributed by atoms with Gasteiger partial charge in [-0.25, -0.2) is 4.79 Å². The fraction of sp³-hybridized carbons (Fsp3) is 0.308. The third-order valence-corrected chi connectivity index (χ3v) is 6.22. The largest absolute Gasteiger partial charge is 0.460 e. The zero-order chi connectivity index (χ0) is 22.1. The number of Topliss-reactive ketones (excluding diaryl/α,β-unsaturated/α-hetero) is 1. The van der Waals surface area contributed by atoms with Crippen LogP contribution in [0.25, 0.3) is 0 Å². The zero-order valence-electron chi connectivity index (χ0n) is 17.9. The summed E-state index contributed by atoms with van der Waals surface area (Å²) in [6.45, 7) is 5.49. The van der Waals surface area contributed by atoms with Crippen molar-refractivity contribution in [2.45, 2.75) is 51.6 Å². The van der Waals surface area contributed by atoms with E-state index in [0.717, 1.165) is 16.8 Å². The molecule has 0 aromatic heterocycles. The summed E-state index contributed by atoms with van der Waals surface area (Å²) >= 11 is 6.56. The molecule has 1 heterocycles. The maximum Gasteiger partial charge on any atom is 0.337 e. The first-order valence-electron chi connectivity index (χ1n) is 10.6. The molecule has 0 spiro atoms. The first kappa shape index (κ1) is 21.4. The Morgan fingerprint density at radius 2 is 1.74 bits per heavy atom. The van der Waals surface area contributed by atoms with Crippen LogP contribution in [0.3, 0.4) is 0 Å². The first-order valence-corrected chi connectivity index (χ1v) is 11.0. The maximum absolute atomic E-state index is 13.5. The van der Waals surface area contributed by atoms with Crippen molar-refractivity contribution in [2.75, 3.05) is 0 Å². The fourth-order valence-corrected chi connectivity index (χ4v) is 4.81. The minimum absolute atomic E-state index is 0.0369. The normalized spacial score (nSPS) is 21.1. The predicted octanol–water partition coefficient (Wildman–Crippen LogP) is 5.65. The SMILES string of the molecule is CC1=C(C(=O)OC(C)C)[C@@H](c2ccccc2Cl)C2=C(C[C@@H](c3ccccc3)CC2=O)N1. The Kier molecular flexibility index (Phi) is 6.01. The molecule has 0 saturated heterocycles. The number of rotatable bonds is 4. The van der Waals surface area contributed by atoms with E-state index in [4.69, 9.17) is 16.3 Å². The number of dihydropyridines is 1. The minimum atomic E-state index is -0.541. The summed E-state index contributed by atoms with van der Waals surface area (Å²) < 4.78 is 5.54. The summed E-state index contributed by atoms with van der Waals surface area (Å²) in [5.74, 6) is -0.825. The molecule has 5 heteroatoms. The molecule has 4 rings (SSSR count). The number of ether oxygens (including phenoxy) is 1. The highest BCUT2D eigenvalue weighted by molar-refractivity contribution is 6.31. The Labute approximate surface area is 187 Å². The van der Waals surface area contributed by atoms with Crippen molar-refractivity contribution in [3.63, 3.8) is 0 Å². The van der Waals surface area contributed by atoms with E-state index in [0.29, 0.717) is 34.7 Å². The number of esters is 1. The van der Waals surface area contributed by atoms with Gasteiger partial charge in [-0.15, -0.1) is 0 Å². The van der Waals surface area contributed by atoms with Crippen LogP contribution in [0.15, 0.2) is 77.1 Å². The van der Waals surface area contributed by atoms with Gasteiger partial charge in [0, 0.05) is 34.3 Å². The van der Waals surface area contributed by atoms with Crippen LogP contribution in [0.2, 0.25) is 5.02 Å². The molecule has 0 amide bonds. The number of hydrogen-bond acceptors (Lipinski definition) is 4. The minimum Gasteiger partial charge on any atom is -0.460 e. The lowest BCUT2D eigenvalue weighted by Crippen LogP contribution is -2.36. The summed E-state index contributed by atoms with van der Waals surface area (Å²) in [6.07, 6.45) is 0.840. The van der Waals surface area contributed by atoms with E-state index in [1.54, 1.807) is 6.07 Å². The summed E-state index contributed by atoms with van der Waals surface area (Å²) in [7, 11) is 0. The van der Waals surface area contributed by atoms with Crippen molar-refractivity contribution < 1.29 is 14.3 Å². The van der Waals surface area contributed by atoms with Crippen LogP contribution in [0.5, 0.6) is 0 Å². The predicted molar refractivity (Wildman–Crippen MR) is 122 cm³/mol. The molecule has 0 radical (unpaired) electrons. The van der Waals surface area contributed by atoms with Crippen molar-refractivity contribution in [3.8, 4) is 0 Å². The molecule has 2 aliphatic rings. The number of allylic oxidation sites excluding steroid dienone is 3. The first-order chi connectivity index (χ1) is 14.9. The molecule has 160 valence electrons. The van der Waals surface area contributed by atoms with Crippen molar-refractivity contribution in [1.82, 2.24) is 5.32 Å². The second kappa shape index (κ2) is 8.72. The Morgan fingerprint density at radius 1 is 1.06 bits per heavy atom. The van der Waals surface area contributed by atoms with Gasteiger partial charge >= 0.3 is 5.97 Å². The Bertz CT molecular complexity index is 1080. The van der Waals surface area contributed by atoms with Crippen molar-refractivity contribution >= 4 is 23.4 Å². The van der Waals surface area contributed by atoms with Crippen LogP contribution in [0.1, 0.15) is 56.6 Å². The van der Waals surface area contributed by atoms with Crippen LogP contribution in [0, 0.1) is 0 Å². The Morgan fingerprint density at radius 3 is 2.42 bits per heavy atom. The van der Waals surface area contributed by atoms with Crippen molar-refractivity contribution in [3.05, 3.63) is 93.3 Å². The van der Waals surface area contributed by atoms with Gasteiger partial charge in [-0.2, -0.15) is 0 Å². The van der Waals surface area contributed by atoms with Gasteiger partial charge in [-0.3, -0.25) is 4.79 Å². The standard InChI is InChI=1S/C26H26ClNO3/c1-15(2)31-26(30)23-16(3)28-21-13-18(17-9-5-4-6-10-17)14-22(29)25(21)24(23)19-11-7-8-12-20(19)27/h4-12,15,18,24,28H,13-14H2,1-3H3/t18-,24-/m1/s1. The van der Waals surface area contributed by atoms with Gasteiger partial charge in [0.05, 0.1) is 11.7 Å². The molecule has 1 aliphatic heterocycles. The topological polar surface area (TPSA) is 55.4 Å². The number of carbonyl (C=O) groups excluding carboxylic acids is 2. The molecular formula is C26H26ClNO3. The van der Waals surface area contributed by atoms with E-state index in [-0.39, 0.29) is 17.8 Å². The molecule has 0 fully saturated rings. The van der Waals surface area contributed by atoms with E-state index in [1.165, 1.54) is 0 Å². The van der Waals surface area contributed by atoms with Crippen LogP contribution >= 0.6 is 11.6 Å². The lowest BCUT2D eigenvalue weighted by molar-refractivity contribution is -0.143. The quantitative estimate of drug-likeness (QED) is 0.630. The van der Waals surface area contributed by atoms with Gasteiger partial charge in [0.1, 0.15) is 0 Å². The molecule has 0 saturated carbocycles. The number of hydrogen-bond donors (Lipinski definition) is 1. The Balaban J connectivity index is 1.82. The van der Waals surface area contributed by atoms with Gasteiger partial charge in [-0.1, -0.05) is 60.1 Å². The molecular weight excluding hydrogens is 410 g/mol. The summed E-state index contributed by atoms with van der Waals surface area (Å²) in [4.78, 5) is 26.6. The summed E-state index contributed by atoms with van der Waals surface area (Å²) in [5.41, 5.74) is 4.54. The second-order valence-electron chi connectivity index (χ2n) is 8.40. The highest BCUT2D eigenvalue weighted by atomic mass is 35.5. The van der Waals surface area contributed by atoms with Crippen molar-refractivity contribution in [2.24, 2.45) is 0 Å². The fourth-order valence-electron chi connectivity index (χ4n) is 4.57. The molecule has 1 N–H and O–H groups in total. The van der Waals surface area contributed by atoms with E-state index in [2.05, 4.69) is 17.4 Å². The Hall–Kier alpha value is -2.85. The van der Waals surface area contributed by atoms with E-state index < -0.39 is 11.9 Å². The van der Waals surface area contributed by atoms with Gasteiger partial charge in [0.25, 0.3) is 0 Å². The van der Waals surface area contributed by atoms with Crippen LogP contribution < -0.4 is 5.32 Å². The van der Waals surface area contributed by atoms with E-state index in [9.17, 15) is 9.59 Å². The average molecular weight is 436 g/mol. The molecule has 0 bridgehead atoms.